The molecule has 1 aliphatic rings. The van der Waals surface area contributed by atoms with Crippen LogP contribution in [-0.4, -0.2) is 34.5 Å². The summed E-state index contributed by atoms with van der Waals surface area (Å²) in [5, 5.41) is 10.8. The van der Waals surface area contributed by atoms with E-state index in [2.05, 4.69) is 4.72 Å². The SMILES string of the molecule is COC(=O)C1(NS(=O)c2ccc(-c3ccc(Cl)cc3)s2)CC1(CO)c1ccccc1. The Kier molecular flexibility index (Phi) is 5.83. The lowest BCUT2D eigenvalue weighted by Gasteiger charge is -2.23. The van der Waals surface area contributed by atoms with E-state index in [-0.39, 0.29) is 6.61 Å². The number of carbonyl (C=O) groups is 1. The van der Waals surface area contributed by atoms with Gasteiger partial charge >= 0.3 is 5.97 Å². The van der Waals surface area contributed by atoms with E-state index in [1.54, 1.807) is 18.2 Å². The van der Waals surface area contributed by atoms with Gasteiger partial charge in [0, 0.05) is 9.90 Å². The molecule has 1 heterocycles. The zero-order valence-electron chi connectivity index (χ0n) is 16.1. The number of methoxy groups -OCH3 is 1. The summed E-state index contributed by atoms with van der Waals surface area (Å²) in [7, 11) is -0.366. The van der Waals surface area contributed by atoms with Crippen LogP contribution in [0, 0.1) is 0 Å². The van der Waals surface area contributed by atoms with Crippen LogP contribution in [-0.2, 0) is 25.9 Å². The Morgan fingerprint density at radius 2 is 1.87 bits per heavy atom. The van der Waals surface area contributed by atoms with Crippen LogP contribution < -0.4 is 4.72 Å². The largest absolute Gasteiger partial charge is 0.468 e. The van der Waals surface area contributed by atoms with E-state index in [1.165, 1.54) is 18.4 Å². The number of benzene rings is 2. The number of esters is 1. The van der Waals surface area contributed by atoms with E-state index in [9.17, 15) is 14.1 Å². The number of aliphatic hydroxyl groups excluding tert-OH is 1. The predicted molar refractivity (Wildman–Crippen MR) is 119 cm³/mol. The summed E-state index contributed by atoms with van der Waals surface area (Å²) < 4.78 is 21.7. The van der Waals surface area contributed by atoms with Crippen molar-refractivity contribution in [1.82, 2.24) is 4.72 Å². The van der Waals surface area contributed by atoms with Gasteiger partial charge in [-0.1, -0.05) is 54.1 Å². The summed E-state index contributed by atoms with van der Waals surface area (Å²) in [5.74, 6) is -0.539. The van der Waals surface area contributed by atoms with E-state index in [0.29, 0.717) is 15.7 Å². The molecule has 1 aromatic heterocycles. The second kappa shape index (κ2) is 8.24. The van der Waals surface area contributed by atoms with Crippen molar-refractivity contribution in [3.63, 3.8) is 0 Å². The predicted octanol–water partition coefficient (Wildman–Crippen LogP) is 3.93. The number of thiophene rings is 1. The van der Waals surface area contributed by atoms with Gasteiger partial charge in [0.25, 0.3) is 0 Å². The second-order valence-electron chi connectivity index (χ2n) is 7.18. The number of halogens is 1. The van der Waals surface area contributed by atoms with Gasteiger partial charge in [0.15, 0.2) is 0 Å². The number of hydrogen-bond donors (Lipinski definition) is 2. The summed E-state index contributed by atoms with van der Waals surface area (Å²) in [4.78, 5) is 13.7. The van der Waals surface area contributed by atoms with Gasteiger partial charge in [-0.15, -0.1) is 11.3 Å². The molecular weight excluding hydrogens is 442 g/mol. The first kappa shape index (κ1) is 21.2. The number of rotatable bonds is 7. The average Bonchev–Trinajstić information content (AvgIpc) is 3.17. The molecule has 30 heavy (non-hydrogen) atoms. The van der Waals surface area contributed by atoms with Crippen molar-refractivity contribution in [3.8, 4) is 10.4 Å². The number of ether oxygens (including phenoxy) is 1. The van der Waals surface area contributed by atoms with Gasteiger partial charge in [-0.3, -0.25) is 0 Å². The molecule has 0 radical (unpaired) electrons. The molecule has 156 valence electrons. The molecule has 3 atom stereocenters. The van der Waals surface area contributed by atoms with Crippen molar-refractivity contribution in [2.24, 2.45) is 0 Å². The van der Waals surface area contributed by atoms with Crippen molar-refractivity contribution in [3.05, 3.63) is 77.3 Å². The van der Waals surface area contributed by atoms with E-state index >= 15 is 0 Å². The summed E-state index contributed by atoms with van der Waals surface area (Å²) in [6, 6.07) is 20.3. The maximum atomic E-state index is 13.2. The minimum Gasteiger partial charge on any atom is -0.468 e. The Balaban J connectivity index is 1.62. The molecule has 0 saturated heterocycles. The van der Waals surface area contributed by atoms with Gasteiger partial charge < -0.3 is 9.84 Å². The van der Waals surface area contributed by atoms with Crippen molar-refractivity contribution < 1.29 is 18.8 Å². The van der Waals surface area contributed by atoms with Crippen LogP contribution in [0.5, 0.6) is 0 Å². The lowest BCUT2D eigenvalue weighted by Crippen LogP contribution is -2.48. The smallest absolute Gasteiger partial charge is 0.328 e. The Bertz CT molecular complexity index is 1090. The molecule has 1 fully saturated rings. The van der Waals surface area contributed by atoms with Crippen LogP contribution in [0.3, 0.4) is 0 Å². The Morgan fingerprint density at radius 3 is 2.50 bits per heavy atom. The number of aliphatic hydroxyl groups is 1. The molecule has 1 aliphatic carbocycles. The molecule has 0 amide bonds. The highest BCUT2D eigenvalue weighted by Crippen LogP contribution is 2.58. The third-order valence-electron chi connectivity index (χ3n) is 5.55. The van der Waals surface area contributed by atoms with Gasteiger partial charge in [-0.2, -0.15) is 0 Å². The van der Waals surface area contributed by atoms with Gasteiger partial charge in [0.05, 0.1) is 19.1 Å². The molecule has 0 aliphatic heterocycles. The summed E-state index contributed by atoms with van der Waals surface area (Å²) >= 11 is 7.32. The molecule has 3 aromatic rings. The van der Waals surface area contributed by atoms with Crippen LogP contribution in [0.25, 0.3) is 10.4 Å². The molecule has 5 nitrogen and oxygen atoms in total. The Labute approximate surface area is 186 Å². The summed E-state index contributed by atoms with van der Waals surface area (Å²) in [6.07, 6.45) is 0.300. The molecule has 2 N–H and O–H groups in total. The Morgan fingerprint density at radius 1 is 1.17 bits per heavy atom. The fourth-order valence-corrected chi connectivity index (χ4v) is 6.34. The molecular formula is C22H20ClNO4S2. The number of carbonyl (C=O) groups excluding carboxylic acids is 1. The standard InChI is InChI=1S/C22H20ClNO4S2/c1-28-20(26)22(13-21(22,14-25)16-5-3-2-4-6-16)24-30(27)19-12-11-18(29-19)15-7-9-17(23)10-8-15/h2-12,24-25H,13-14H2,1H3. The van der Waals surface area contributed by atoms with E-state index in [0.717, 1.165) is 16.0 Å². The van der Waals surface area contributed by atoms with Crippen molar-refractivity contribution in [2.75, 3.05) is 13.7 Å². The van der Waals surface area contributed by atoms with Gasteiger partial charge in [-0.25, -0.2) is 13.7 Å². The molecule has 3 unspecified atom stereocenters. The first-order valence-corrected chi connectivity index (χ1v) is 11.6. The van der Waals surface area contributed by atoms with Crippen molar-refractivity contribution >= 4 is 39.9 Å². The highest BCUT2D eigenvalue weighted by Gasteiger charge is 2.74. The topological polar surface area (TPSA) is 75.6 Å². The summed E-state index contributed by atoms with van der Waals surface area (Å²) in [6.45, 7) is -0.267. The summed E-state index contributed by atoms with van der Waals surface area (Å²) in [5.41, 5.74) is -0.369. The second-order valence-corrected chi connectivity index (χ2v) is 10.1. The van der Waals surface area contributed by atoms with Crippen molar-refractivity contribution in [1.29, 1.82) is 0 Å². The average molecular weight is 462 g/mol. The minimum atomic E-state index is -1.66. The van der Waals surface area contributed by atoms with Crippen molar-refractivity contribution in [2.45, 2.75) is 21.6 Å². The first-order chi connectivity index (χ1) is 14.5. The van der Waals surface area contributed by atoms with Crippen LogP contribution in [0.2, 0.25) is 5.02 Å². The normalized spacial score (nSPS) is 23.7. The van der Waals surface area contributed by atoms with Crippen LogP contribution >= 0.6 is 22.9 Å². The lowest BCUT2D eigenvalue weighted by atomic mass is 9.91. The van der Waals surface area contributed by atoms with E-state index in [1.807, 2.05) is 48.5 Å². The van der Waals surface area contributed by atoms with E-state index in [4.69, 9.17) is 16.3 Å². The van der Waals surface area contributed by atoms with Crippen LogP contribution in [0.1, 0.15) is 12.0 Å². The quantitative estimate of drug-likeness (QED) is 0.523. The molecule has 1 saturated carbocycles. The zero-order chi connectivity index (χ0) is 21.4. The Hall–Kier alpha value is -2.03. The lowest BCUT2D eigenvalue weighted by molar-refractivity contribution is -0.144. The highest BCUT2D eigenvalue weighted by atomic mass is 35.5. The van der Waals surface area contributed by atoms with Gasteiger partial charge in [-0.05, 0) is 41.8 Å². The van der Waals surface area contributed by atoms with Gasteiger partial charge in [0.2, 0.25) is 0 Å². The maximum absolute atomic E-state index is 13.2. The third kappa shape index (κ3) is 3.50. The monoisotopic (exact) mass is 461 g/mol. The fraction of sp³-hybridized carbons (Fsp3) is 0.227. The minimum absolute atomic E-state index is 0.267. The van der Waals surface area contributed by atoms with Crippen LogP contribution in [0.4, 0.5) is 0 Å². The van der Waals surface area contributed by atoms with E-state index < -0.39 is 27.9 Å². The zero-order valence-corrected chi connectivity index (χ0v) is 18.5. The van der Waals surface area contributed by atoms with Crippen LogP contribution in [0.15, 0.2) is 70.9 Å². The highest BCUT2D eigenvalue weighted by molar-refractivity contribution is 7.85. The molecule has 0 bridgehead atoms. The number of hydrogen-bond acceptors (Lipinski definition) is 5. The first-order valence-electron chi connectivity index (χ1n) is 9.26. The molecule has 2 aromatic carbocycles. The molecule has 0 spiro atoms. The molecule has 8 heteroatoms. The third-order valence-corrected chi connectivity index (χ3v) is 8.47. The fourth-order valence-electron chi connectivity index (χ4n) is 3.81. The maximum Gasteiger partial charge on any atom is 0.328 e. The molecule has 4 rings (SSSR count). The van der Waals surface area contributed by atoms with Gasteiger partial charge in [0.1, 0.15) is 20.7 Å². The number of nitrogens with one attached hydrogen (secondary N) is 1.